The summed E-state index contributed by atoms with van der Waals surface area (Å²) in [5.41, 5.74) is 0.990. The number of hydrogen-bond donors (Lipinski definition) is 0. The van der Waals surface area contributed by atoms with E-state index < -0.39 is 0 Å². The largest absolute Gasteiger partial charge is 0.347 e. The highest BCUT2D eigenvalue weighted by Crippen LogP contribution is 2.17. The summed E-state index contributed by atoms with van der Waals surface area (Å²) in [7, 11) is 0. The molecule has 1 aromatic rings. The van der Waals surface area contributed by atoms with Gasteiger partial charge in [-0.05, 0) is 18.1 Å². The van der Waals surface area contributed by atoms with E-state index >= 15 is 0 Å². The van der Waals surface area contributed by atoms with E-state index in [1.165, 1.54) is 0 Å². The average Bonchev–Trinajstić information content (AvgIpc) is 2.65. The monoisotopic (exact) mass is 205 g/mol. The molecule has 0 unspecified atom stereocenters. The summed E-state index contributed by atoms with van der Waals surface area (Å²) in [6.45, 7) is 5.43. The normalized spacial score (nSPS) is 16.5. The molecular weight excluding hydrogens is 190 g/mol. The van der Waals surface area contributed by atoms with Gasteiger partial charge in [-0.25, -0.2) is 0 Å². The third-order valence-corrected chi connectivity index (χ3v) is 2.61. The summed E-state index contributed by atoms with van der Waals surface area (Å²) in [6, 6.07) is 3.93. The molecule has 2 heterocycles. The minimum atomic E-state index is 0.282. The number of hydrogen-bond acceptors (Lipinski definition) is 4. The lowest BCUT2D eigenvalue weighted by Crippen LogP contribution is -2.21. The van der Waals surface area contributed by atoms with E-state index in [4.69, 9.17) is 0 Å². The summed E-state index contributed by atoms with van der Waals surface area (Å²) in [6.07, 6.45) is 0.633. The maximum atomic E-state index is 11.1. The van der Waals surface area contributed by atoms with Crippen LogP contribution in [-0.2, 0) is 4.79 Å². The topological polar surface area (TPSA) is 46.1 Å². The maximum absolute atomic E-state index is 11.1. The van der Waals surface area contributed by atoms with Crippen molar-refractivity contribution < 1.29 is 4.79 Å². The van der Waals surface area contributed by atoms with Gasteiger partial charge in [0, 0.05) is 13.0 Å². The molecule has 4 nitrogen and oxygen atoms in total. The number of ketones is 1. The lowest BCUT2D eigenvalue weighted by molar-refractivity contribution is -0.116. The highest BCUT2D eigenvalue weighted by molar-refractivity contribution is 5.86. The van der Waals surface area contributed by atoms with E-state index in [-0.39, 0.29) is 5.78 Å². The van der Waals surface area contributed by atoms with Crippen molar-refractivity contribution in [3.05, 3.63) is 17.8 Å². The third-order valence-electron chi connectivity index (χ3n) is 2.61. The van der Waals surface area contributed by atoms with Gasteiger partial charge in [0.15, 0.2) is 11.6 Å². The third kappa shape index (κ3) is 2.14. The van der Waals surface area contributed by atoms with Crippen LogP contribution in [0.25, 0.3) is 0 Å². The second-order valence-electron chi connectivity index (χ2n) is 4.18. The second-order valence-corrected chi connectivity index (χ2v) is 4.18. The molecule has 0 radical (unpaired) electrons. The standard InChI is InChI=1S/C11H15N3O/c1-8(2)10-3-4-11(13-12-10)14-6-5-9(15)7-14/h3-4,8H,5-7H2,1-2H3. The van der Waals surface area contributed by atoms with Crippen molar-refractivity contribution in [2.75, 3.05) is 18.0 Å². The van der Waals surface area contributed by atoms with Gasteiger partial charge in [0.05, 0.1) is 12.2 Å². The van der Waals surface area contributed by atoms with Gasteiger partial charge in [-0.15, -0.1) is 5.10 Å². The molecule has 0 N–H and O–H groups in total. The maximum Gasteiger partial charge on any atom is 0.153 e. The molecule has 1 fully saturated rings. The number of nitrogens with zero attached hydrogens (tertiary/aromatic N) is 3. The first-order valence-corrected chi connectivity index (χ1v) is 5.27. The molecule has 0 aliphatic carbocycles. The SMILES string of the molecule is CC(C)c1ccc(N2CCC(=O)C2)nn1. The van der Waals surface area contributed by atoms with Crippen molar-refractivity contribution in [1.29, 1.82) is 0 Å². The molecular formula is C11H15N3O. The van der Waals surface area contributed by atoms with Crippen LogP contribution < -0.4 is 4.90 Å². The van der Waals surface area contributed by atoms with Gasteiger partial charge in [0.1, 0.15) is 0 Å². The molecule has 1 aliphatic rings. The van der Waals surface area contributed by atoms with Gasteiger partial charge in [0.2, 0.25) is 0 Å². The molecule has 15 heavy (non-hydrogen) atoms. The lowest BCUT2D eigenvalue weighted by atomic mass is 10.1. The Kier molecular flexibility index (Phi) is 2.66. The Labute approximate surface area is 89.3 Å². The predicted molar refractivity (Wildman–Crippen MR) is 58.0 cm³/mol. The van der Waals surface area contributed by atoms with E-state index in [1.807, 2.05) is 17.0 Å². The predicted octanol–water partition coefficient (Wildman–Crippen LogP) is 1.38. The van der Waals surface area contributed by atoms with Crippen molar-refractivity contribution in [1.82, 2.24) is 10.2 Å². The van der Waals surface area contributed by atoms with Gasteiger partial charge >= 0.3 is 0 Å². The zero-order valence-electron chi connectivity index (χ0n) is 9.10. The highest BCUT2D eigenvalue weighted by Gasteiger charge is 2.20. The van der Waals surface area contributed by atoms with E-state index in [9.17, 15) is 4.79 Å². The van der Waals surface area contributed by atoms with Crippen molar-refractivity contribution in [2.24, 2.45) is 0 Å². The molecule has 0 saturated carbocycles. The molecule has 0 aromatic carbocycles. The van der Waals surface area contributed by atoms with Crippen LogP contribution in [0.1, 0.15) is 31.9 Å². The number of rotatable bonds is 2. The summed E-state index contributed by atoms with van der Waals surface area (Å²) in [5.74, 6) is 1.49. The molecule has 0 spiro atoms. The smallest absolute Gasteiger partial charge is 0.153 e. The summed E-state index contributed by atoms with van der Waals surface area (Å²) in [5, 5.41) is 8.28. The van der Waals surface area contributed by atoms with E-state index in [2.05, 4.69) is 24.0 Å². The fraction of sp³-hybridized carbons (Fsp3) is 0.545. The lowest BCUT2D eigenvalue weighted by Gasteiger charge is -2.14. The van der Waals surface area contributed by atoms with Crippen LogP contribution in [0.2, 0.25) is 0 Å². The second kappa shape index (κ2) is 3.96. The first-order chi connectivity index (χ1) is 7.16. The summed E-state index contributed by atoms with van der Waals surface area (Å²) >= 11 is 0. The molecule has 2 rings (SSSR count). The van der Waals surface area contributed by atoms with Crippen LogP contribution in [0.5, 0.6) is 0 Å². The number of carbonyl (C=O) groups excluding carboxylic acids is 1. The zero-order chi connectivity index (χ0) is 10.8. The first kappa shape index (κ1) is 10.1. The van der Waals surface area contributed by atoms with Crippen molar-refractivity contribution in [2.45, 2.75) is 26.2 Å². The minimum absolute atomic E-state index is 0.282. The molecule has 1 saturated heterocycles. The molecule has 1 aromatic heterocycles. The van der Waals surface area contributed by atoms with Crippen molar-refractivity contribution >= 4 is 11.6 Å². The highest BCUT2D eigenvalue weighted by atomic mass is 16.1. The summed E-state index contributed by atoms with van der Waals surface area (Å²) < 4.78 is 0. The number of Topliss-reactive ketones (excluding diaryl/α,β-unsaturated/α-hetero) is 1. The molecule has 0 atom stereocenters. The molecule has 0 amide bonds. The van der Waals surface area contributed by atoms with Gasteiger partial charge in [-0.2, -0.15) is 5.10 Å². The Morgan fingerprint density at radius 3 is 2.60 bits per heavy atom. The Bertz CT molecular complexity index is 359. The van der Waals surface area contributed by atoms with Crippen LogP contribution >= 0.6 is 0 Å². The Morgan fingerprint density at radius 1 is 1.33 bits per heavy atom. The van der Waals surface area contributed by atoms with Gasteiger partial charge in [-0.3, -0.25) is 4.79 Å². The minimum Gasteiger partial charge on any atom is -0.347 e. The van der Waals surface area contributed by atoms with Crippen LogP contribution in [0.15, 0.2) is 12.1 Å². The van der Waals surface area contributed by atoms with Gasteiger partial charge < -0.3 is 4.90 Å². The Balaban J connectivity index is 2.13. The zero-order valence-corrected chi connectivity index (χ0v) is 9.10. The number of carbonyl (C=O) groups is 1. The fourth-order valence-corrected chi connectivity index (χ4v) is 1.64. The quantitative estimate of drug-likeness (QED) is 0.731. The van der Waals surface area contributed by atoms with Crippen molar-refractivity contribution in [3.63, 3.8) is 0 Å². The van der Waals surface area contributed by atoms with E-state index in [0.717, 1.165) is 18.1 Å². The van der Waals surface area contributed by atoms with Crippen LogP contribution in [-0.4, -0.2) is 29.1 Å². The fourth-order valence-electron chi connectivity index (χ4n) is 1.64. The Hall–Kier alpha value is -1.45. The summed E-state index contributed by atoms with van der Waals surface area (Å²) in [4.78, 5) is 13.1. The molecule has 0 bridgehead atoms. The average molecular weight is 205 g/mol. The number of anilines is 1. The molecule has 1 aliphatic heterocycles. The van der Waals surface area contributed by atoms with Crippen LogP contribution in [0, 0.1) is 0 Å². The molecule has 4 heteroatoms. The van der Waals surface area contributed by atoms with E-state index in [0.29, 0.717) is 18.9 Å². The van der Waals surface area contributed by atoms with Gasteiger partial charge in [-0.1, -0.05) is 13.8 Å². The first-order valence-electron chi connectivity index (χ1n) is 5.27. The van der Waals surface area contributed by atoms with Crippen LogP contribution in [0.4, 0.5) is 5.82 Å². The van der Waals surface area contributed by atoms with Crippen LogP contribution in [0.3, 0.4) is 0 Å². The van der Waals surface area contributed by atoms with Gasteiger partial charge in [0.25, 0.3) is 0 Å². The van der Waals surface area contributed by atoms with Crippen molar-refractivity contribution in [3.8, 4) is 0 Å². The van der Waals surface area contributed by atoms with E-state index in [1.54, 1.807) is 0 Å². The Morgan fingerprint density at radius 2 is 2.13 bits per heavy atom. The number of aromatic nitrogens is 2. The molecule has 80 valence electrons.